The van der Waals surface area contributed by atoms with Crippen molar-refractivity contribution in [1.82, 2.24) is 14.9 Å². The number of benzene rings is 3. The number of para-hydroxylation sites is 2. The Labute approximate surface area is 200 Å². The molecule has 3 N–H and O–H groups in total. The summed E-state index contributed by atoms with van der Waals surface area (Å²) in [5.74, 6) is -1.27. The summed E-state index contributed by atoms with van der Waals surface area (Å²) in [7, 11) is 0. The van der Waals surface area contributed by atoms with E-state index in [1.165, 1.54) is 12.1 Å². The zero-order valence-corrected chi connectivity index (χ0v) is 19.0. The van der Waals surface area contributed by atoms with Gasteiger partial charge in [-0.2, -0.15) is 0 Å². The summed E-state index contributed by atoms with van der Waals surface area (Å²) >= 11 is 6.25. The maximum atomic E-state index is 13.5. The lowest BCUT2D eigenvalue weighted by atomic mass is 10.0. The summed E-state index contributed by atoms with van der Waals surface area (Å²) in [4.78, 5) is 15.2. The Kier molecular flexibility index (Phi) is 6.09. The first-order valence-electron chi connectivity index (χ1n) is 11.0. The summed E-state index contributed by atoms with van der Waals surface area (Å²) in [6.07, 6.45) is 4.24. The Bertz CT molecular complexity index is 1490. The van der Waals surface area contributed by atoms with Gasteiger partial charge in [-0.1, -0.05) is 54.1 Å². The van der Waals surface area contributed by atoms with Gasteiger partial charge in [0.15, 0.2) is 0 Å². The number of carbonyl (C=O) groups is 1. The fourth-order valence-electron chi connectivity index (χ4n) is 4.43. The van der Waals surface area contributed by atoms with Crippen molar-refractivity contribution in [2.75, 3.05) is 0 Å². The zero-order chi connectivity index (χ0) is 23.7. The molecule has 172 valence electrons. The standard InChI is InChI=1S/C27H23ClFN3O2/c28-23-12-20(29)10-9-17(23)15-32-16-19(22-6-2-4-8-26(22)32)14-31-25(27(33)34)11-18-13-30-24-7-3-1-5-21(18)24/h1-10,12-13,16,25,30-31H,11,14-15H2,(H,33,34)/t25-/m0/s1. The fraction of sp³-hybridized carbons (Fsp3) is 0.148. The number of aromatic nitrogens is 2. The van der Waals surface area contributed by atoms with E-state index in [9.17, 15) is 14.3 Å². The van der Waals surface area contributed by atoms with Gasteiger partial charge in [-0.05, 0) is 41.0 Å². The first-order chi connectivity index (χ1) is 16.5. The average Bonchev–Trinajstić information content (AvgIpc) is 3.40. The Morgan fingerprint density at radius 2 is 1.79 bits per heavy atom. The van der Waals surface area contributed by atoms with Crippen LogP contribution in [0.5, 0.6) is 0 Å². The number of aliphatic carboxylic acids is 1. The predicted molar refractivity (Wildman–Crippen MR) is 133 cm³/mol. The van der Waals surface area contributed by atoms with Gasteiger partial charge in [0.25, 0.3) is 0 Å². The molecule has 5 rings (SSSR count). The minimum atomic E-state index is -0.896. The van der Waals surface area contributed by atoms with Crippen molar-refractivity contribution < 1.29 is 14.3 Å². The third kappa shape index (κ3) is 4.42. The van der Waals surface area contributed by atoms with Gasteiger partial charge in [-0.3, -0.25) is 10.1 Å². The summed E-state index contributed by atoms with van der Waals surface area (Å²) in [6, 6.07) is 19.5. The molecule has 0 fully saturated rings. The van der Waals surface area contributed by atoms with E-state index in [0.717, 1.165) is 38.5 Å². The highest BCUT2D eigenvalue weighted by molar-refractivity contribution is 6.31. The second kappa shape index (κ2) is 9.33. The van der Waals surface area contributed by atoms with E-state index in [2.05, 4.69) is 14.9 Å². The number of aromatic amines is 1. The number of carboxylic acid groups (broad SMARTS) is 1. The number of rotatable bonds is 8. The lowest BCUT2D eigenvalue weighted by Crippen LogP contribution is -2.38. The molecule has 0 aliphatic heterocycles. The topological polar surface area (TPSA) is 70.0 Å². The first-order valence-corrected chi connectivity index (χ1v) is 11.4. The van der Waals surface area contributed by atoms with Crippen LogP contribution in [0.15, 0.2) is 79.1 Å². The van der Waals surface area contributed by atoms with Gasteiger partial charge in [0.1, 0.15) is 11.9 Å². The molecule has 5 nitrogen and oxygen atoms in total. The largest absolute Gasteiger partial charge is 0.480 e. The SMILES string of the molecule is O=C(O)[C@H](Cc1c[nH]c2ccccc12)NCc1cn(Cc2ccc(F)cc2Cl)c2ccccc12. The minimum absolute atomic E-state index is 0.364. The van der Waals surface area contributed by atoms with Crippen LogP contribution in [0.25, 0.3) is 21.8 Å². The Morgan fingerprint density at radius 1 is 1.03 bits per heavy atom. The molecule has 0 aliphatic carbocycles. The van der Waals surface area contributed by atoms with E-state index in [1.54, 1.807) is 6.07 Å². The van der Waals surface area contributed by atoms with Crippen molar-refractivity contribution >= 4 is 39.4 Å². The van der Waals surface area contributed by atoms with Gasteiger partial charge in [-0.25, -0.2) is 4.39 Å². The van der Waals surface area contributed by atoms with Crippen molar-refractivity contribution in [3.8, 4) is 0 Å². The first kappa shape index (κ1) is 22.2. The number of hydrogen-bond acceptors (Lipinski definition) is 2. The van der Waals surface area contributed by atoms with Crippen LogP contribution in [0.2, 0.25) is 5.02 Å². The number of hydrogen-bond donors (Lipinski definition) is 3. The van der Waals surface area contributed by atoms with Crippen molar-refractivity contribution in [3.63, 3.8) is 0 Å². The highest BCUT2D eigenvalue weighted by Gasteiger charge is 2.20. The second-order valence-electron chi connectivity index (χ2n) is 8.37. The number of nitrogens with one attached hydrogen (secondary N) is 2. The van der Waals surface area contributed by atoms with Gasteiger partial charge in [0.05, 0.1) is 0 Å². The number of carboxylic acids is 1. The molecule has 7 heteroatoms. The normalized spacial score (nSPS) is 12.4. The molecule has 0 aliphatic rings. The molecule has 0 amide bonds. The van der Waals surface area contributed by atoms with E-state index in [4.69, 9.17) is 11.6 Å². The van der Waals surface area contributed by atoms with Crippen LogP contribution in [0, 0.1) is 5.82 Å². The number of halogens is 2. The maximum absolute atomic E-state index is 13.5. The highest BCUT2D eigenvalue weighted by atomic mass is 35.5. The molecule has 0 unspecified atom stereocenters. The maximum Gasteiger partial charge on any atom is 0.321 e. The van der Waals surface area contributed by atoms with Crippen LogP contribution in [-0.2, 0) is 24.3 Å². The molecule has 34 heavy (non-hydrogen) atoms. The highest BCUT2D eigenvalue weighted by Crippen LogP contribution is 2.25. The molecule has 2 aromatic heterocycles. The van der Waals surface area contributed by atoms with Gasteiger partial charge < -0.3 is 14.7 Å². The molecule has 0 radical (unpaired) electrons. The van der Waals surface area contributed by atoms with Gasteiger partial charge in [0, 0.05) is 58.7 Å². The molecule has 0 saturated heterocycles. The summed E-state index contributed by atoms with van der Waals surface area (Å²) in [5.41, 5.74) is 4.75. The van der Waals surface area contributed by atoms with Crippen molar-refractivity contribution in [1.29, 1.82) is 0 Å². The van der Waals surface area contributed by atoms with E-state index >= 15 is 0 Å². The van der Waals surface area contributed by atoms with Crippen molar-refractivity contribution in [2.45, 2.75) is 25.6 Å². The summed E-state index contributed by atoms with van der Waals surface area (Å²) < 4.78 is 15.5. The van der Waals surface area contributed by atoms with Crippen LogP contribution in [0.4, 0.5) is 4.39 Å². The predicted octanol–water partition coefficient (Wildman–Crippen LogP) is 5.75. The molecule has 0 spiro atoms. The van der Waals surface area contributed by atoms with Crippen molar-refractivity contribution in [2.24, 2.45) is 0 Å². The van der Waals surface area contributed by atoms with Gasteiger partial charge >= 0.3 is 5.97 Å². The molecular weight excluding hydrogens is 453 g/mol. The van der Waals surface area contributed by atoms with E-state index < -0.39 is 12.0 Å². The van der Waals surface area contributed by atoms with E-state index in [-0.39, 0.29) is 5.82 Å². The fourth-order valence-corrected chi connectivity index (χ4v) is 4.66. The zero-order valence-electron chi connectivity index (χ0n) is 18.3. The van der Waals surface area contributed by atoms with Gasteiger partial charge in [-0.15, -0.1) is 0 Å². The van der Waals surface area contributed by atoms with Crippen LogP contribution < -0.4 is 5.32 Å². The molecule has 5 aromatic rings. The average molecular weight is 476 g/mol. The molecular formula is C27H23ClFN3O2. The summed E-state index contributed by atoms with van der Waals surface area (Å²) in [6.45, 7) is 0.876. The Morgan fingerprint density at radius 3 is 2.59 bits per heavy atom. The van der Waals surface area contributed by atoms with Crippen LogP contribution in [0.1, 0.15) is 16.7 Å². The molecule has 2 heterocycles. The third-order valence-corrected chi connectivity index (χ3v) is 6.51. The Hall–Kier alpha value is -3.61. The summed E-state index contributed by atoms with van der Waals surface area (Å²) in [5, 5.41) is 15.5. The lowest BCUT2D eigenvalue weighted by Gasteiger charge is -2.14. The van der Waals surface area contributed by atoms with Crippen LogP contribution >= 0.6 is 11.6 Å². The van der Waals surface area contributed by atoms with E-state index in [1.807, 2.05) is 60.9 Å². The van der Waals surface area contributed by atoms with Crippen LogP contribution in [-0.4, -0.2) is 26.7 Å². The number of nitrogens with zero attached hydrogens (tertiary/aromatic N) is 1. The van der Waals surface area contributed by atoms with Crippen LogP contribution in [0.3, 0.4) is 0 Å². The Balaban J connectivity index is 1.39. The molecule has 0 bridgehead atoms. The van der Waals surface area contributed by atoms with E-state index in [0.29, 0.717) is 24.5 Å². The minimum Gasteiger partial charge on any atom is -0.480 e. The molecule has 3 aromatic carbocycles. The quantitative estimate of drug-likeness (QED) is 0.267. The molecule has 0 saturated carbocycles. The second-order valence-corrected chi connectivity index (χ2v) is 8.78. The number of H-pyrrole nitrogens is 1. The smallest absolute Gasteiger partial charge is 0.321 e. The molecule has 1 atom stereocenters. The monoisotopic (exact) mass is 475 g/mol. The number of fused-ring (bicyclic) bond motifs is 2. The van der Waals surface area contributed by atoms with Crippen molar-refractivity contribution in [3.05, 3.63) is 107 Å². The third-order valence-electron chi connectivity index (χ3n) is 6.16. The lowest BCUT2D eigenvalue weighted by molar-refractivity contribution is -0.139. The van der Waals surface area contributed by atoms with Gasteiger partial charge in [0.2, 0.25) is 0 Å².